The van der Waals surface area contributed by atoms with Crippen LogP contribution in [0.2, 0.25) is 0 Å². The first-order valence-corrected chi connectivity index (χ1v) is 6.51. The molecule has 0 amide bonds. The van der Waals surface area contributed by atoms with Crippen LogP contribution in [-0.2, 0) is 9.53 Å². The molecule has 0 radical (unpaired) electrons. The molecular formula is C14H20N2O4. The summed E-state index contributed by atoms with van der Waals surface area (Å²) in [6, 6.07) is 5.21. The van der Waals surface area contributed by atoms with E-state index in [0.717, 1.165) is 5.56 Å². The van der Waals surface area contributed by atoms with Crippen LogP contribution in [0.15, 0.2) is 18.2 Å². The smallest absolute Gasteiger partial charge is 0.305 e. The number of methoxy groups -OCH3 is 1. The predicted octanol–water partition coefficient (Wildman–Crippen LogP) is 2.51. The van der Waals surface area contributed by atoms with Crippen LogP contribution in [0.4, 0.5) is 5.69 Å². The van der Waals surface area contributed by atoms with Crippen LogP contribution in [0.1, 0.15) is 36.9 Å². The lowest BCUT2D eigenvalue weighted by molar-refractivity contribution is -0.385. The highest BCUT2D eigenvalue weighted by atomic mass is 16.6. The number of nitrogens with one attached hydrogen (secondary N) is 1. The number of carbonyl (C=O) groups excluding carboxylic acids is 1. The van der Waals surface area contributed by atoms with E-state index >= 15 is 0 Å². The Labute approximate surface area is 118 Å². The average molecular weight is 280 g/mol. The van der Waals surface area contributed by atoms with E-state index in [4.69, 9.17) is 0 Å². The lowest BCUT2D eigenvalue weighted by atomic mass is 10.0. The van der Waals surface area contributed by atoms with Gasteiger partial charge in [0.15, 0.2) is 0 Å². The Kier molecular flexibility index (Phi) is 6.11. The molecule has 6 heteroatoms. The molecule has 0 aliphatic carbocycles. The van der Waals surface area contributed by atoms with Crippen molar-refractivity contribution in [3.8, 4) is 0 Å². The maximum Gasteiger partial charge on any atom is 0.305 e. The van der Waals surface area contributed by atoms with Crippen LogP contribution in [0, 0.1) is 17.0 Å². The number of ether oxygens (including phenoxy) is 1. The van der Waals surface area contributed by atoms with Gasteiger partial charge < -0.3 is 10.1 Å². The molecule has 1 atom stereocenters. The largest absolute Gasteiger partial charge is 0.469 e. The van der Waals surface area contributed by atoms with Crippen molar-refractivity contribution in [3.05, 3.63) is 39.4 Å². The first-order chi connectivity index (χ1) is 9.45. The third-order valence-corrected chi connectivity index (χ3v) is 3.17. The summed E-state index contributed by atoms with van der Waals surface area (Å²) in [5.41, 5.74) is 1.64. The second-order valence-electron chi connectivity index (χ2n) is 4.66. The molecule has 20 heavy (non-hydrogen) atoms. The number of nitro benzene ring substituents is 1. The number of hydrogen-bond acceptors (Lipinski definition) is 5. The minimum Gasteiger partial charge on any atom is -0.469 e. The highest BCUT2D eigenvalue weighted by molar-refractivity contribution is 5.69. The summed E-state index contributed by atoms with van der Waals surface area (Å²) < 4.78 is 4.56. The Bertz CT molecular complexity index is 488. The summed E-state index contributed by atoms with van der Waals surface area (Å²) in [5, 5.41) is 14.1. The summed E-state index contributed by atoms with van der Waals surface area (Å²) in [6.45, 7) is 4.31. The number of benzene rings is 1. The maximum atomic E-state index is 11.0. The van der Waals surface area contributed by atoms with Crippen molar-refractivity contribution in [2.24, 2.45) is 0 Å². The molecule has 110 valence electrons. The molecule has 0 saturated heterocycles. The molecule has 1 aromatic carbocycles. The second kappa shape index (κ2) is 7.59. The van der Waals surface area contributed by atoms with E-state index in [-0.39, 0.29) is 22.6 Å². The molecule has 1 unspecified atom stereocenters. The molecule has 6 nitrogen and oxygen atoms in total. The molecule has 1 aromatic rings. The Morgan fingerprint density at radius 1 is 1.50 bits per heavy atom. The Morgan fingerprint density at radius 2 is 2.20 bits per heavy atom. The van der Waals surface area contributed by atoms with Gasteiger partial charge in [0.1, 0.15) is 0 Å². The van der Waals surface area contributed by atoms with E-state index in [0.29, 0.717) is 24.9 Å². The number of hydrogen-bond donors (Lipinski definition) is 1. The van der Waals surface area contributed by atoms with Crippen molar-refractivity contribution >= 4 is 11.7 Å². The Balaban J connectivity index is 2.55. The zero-order chi connectivity index (χ0) is 15.1. The Morgan fingerprint density at radius 3 is 2.80 bits per heavy atom. The third kappa shape index (κ3) is 4.62. The SMILES string of the molecule is COC(=O)CCCNC(C)c1ccc(C)c([N+](=O)[O-])c1. The topological polar surface area (TPSA) is 81.5 Å². The Hall–Kier alpha value is -1.95. The molecule has 1 N–H and O–H groups in total. The number of esters is 1. The van der Waals surface area contributed by atoms with E-state index in [1.54, 1.807) is 19.1 Å². The van der Waals surface area contributed by atoms with Gasteiger partial charge in [-0.2, -0.15) is 0 Å². The molecule has 0 heterocycles. The molecule has 1 rings (SSSR count). The number of carbonyl (C=O) groups is 1. The van der Waals surface area contributed by atoms with E-state index in [1.165, 1.54) is 7.11 Å². The van der Waals surface area contributed by atoms with Gasteiger partial charge in [0.05, 0.1) is 12.0 Å². The first-order valence-electron chi connectivity index (χ1n) is 6.51. The summed E-state index contributed by atoms with van der Waals surface area (Å²) in [5.74, 6) is -0.231. The van der Waals surface area contributed by atoms with Crippen molar-refractivity contribution in [3.63, 3.8) is 0 Å². The normalized spacial score (nSPS) is 11.9. The second-order valence-corrected chi connectivity index (χ2v) is 4.66. The van der Waals surface area contributed by atoms with Crippen LogP contribution < -0.4 is 5.32 Å². The van der Waals surface area contributed by atoms with Gasteiger partial charge in [-0.15, -0.1) is 0 Å². The van der Waals surface area contributed by atoms with Gasteiger partial charge in [-0.1, -0.05) is 12.1 Å². The molecule has 0 bridgehead atoms. The molecule has 0 saturated carbocycles. The number of rotatable bonds is 7. The minimum atomic E-state index is -0.372. The van der Waals surface area contributed by atoms with E-state index in [2.05, 4.69) is 10.1 Å². The monoisotopic (exact) mass is 280 g/mol. The maximum absolute atomic E-state index is 11.0. The number of aryl methyl sites for hydroxylation is 1. The van der Waals surface area contributed by atoms with Gasteiger partial charge in [0.2, 0.25) is 0 Å². The molecule has 0 aliphatic heterocycles. The zero-order valence-electron chi connectivity index (χ0n) is 12.0. The molecule has 0 aromatic heterocycles. The summed E-state index contributed by atoms with van der Waals surface area (Å²) in [6.07, 6.45) is 1.04. The lowest BCUT2D eigenvalue weighted by Crippen LogP contribution is -2.20. The average Bonchev–Trinajstić information content (AvgIpc) is 2.43. The summed E-state index contributed by atoms with van der Waals surface area (Å²) in [7, 11) is 1.36. The minimum absolute atomic E-state index is 0.00746. The third-order valence-electron chi connectivity index (χ3n) is 3.17. The quantitative estimate of drug-likeness (QED) is 0.359. The summed E-state index contributed by atoms with van der Waals surface area (Å²) >= 11 is 0. The lowest BCUT2D eigenvalue weighted by Gasteiger charge is -2.14. The van der Waals surface area contributed by atoms with Gasteiger partial charge in [0.25, 0.3) is 5.69 Å². The molecule has 0 aliphatic rings. The van der Waals surface area contributed by atoms with Crippen molar-refractivity contribution in [2.45, 2.75) is 32.7 Å². The molecule has 0 fully saturated rings. The first kappa shape index (κ1) is 16.1. The predicted molar refractivity (Wildman–Crippen MR) is 75.5 cm³/mol. The standard InChI is InChI=1S/C14H20N2O4/c1-10-6-7-12(9-13(10)16(18)19)11(2)15-8-4-5-14(17)20-3/h6-7,9,11,15H,4-5,8H2,1-3H3. The van der Waals surface area contributed by atoms with Gasteiger partial charge in [-0.25, -0.2) is 0 Å². The van der Waals surface area contributed by atoms with E-state index in [9.17, 15) is 14.9 Å². The van der Waals surface area contributed by atoms with Crippen molar-refractivity contribution in [1.29, 1.82) is 0 Å². The number of nitro groups is 1. The van der Waals surface area contributed by atoms with Gasteiger partial charge in [0, 0.05) is 24.1 Å². The zero-order valence-corrected chi connectivity index (χ0v) is 12.0. The fourth-order valence-electron chi connectivity index (χ4n) is 1.86. The highest BCUT2D eigenvalue weighted by Gasteiger charge is 2.14. The van der Waals surface area contributed by atoms with Gasteiger partial charge in [-0.3, -0.25) is 14.9 Å². The molecule has 0 spiro atoms. The van der Waals surface area contributed by atoms with E-state index < -0.39 is 0 Å². The fraction of sp³-hybridized carbons (Fsp3) is 0.500. The van der Waals surface area contributed by atoms with Gasteiger partial charge >= 0.3 is 5.97 Å². The van der Waals surface area contributed by atoms with Crippen LogP contribution in [0.3, 0.4) is 0 Å². The molecular weight excluding hydrogens is 260 g/mol. The van der Waals surface area contributed by atoms with Crippen molar-refractivity contribution < 1.29 is 14.5 Å². The highest BCUT2D eigenvalue weighted by Crippen LogP contribution is 2.23. The van der Waals surface area contributed by atoms with Crippen molar-refractivity contribution in [1.82, 2.24) is 5.32 Å². The number of nitrogens with zero attached hydrogens (tertiary/aromatic N) is 1. The fourth-order valence-corrected chi connectivity index (χ4v) is 1.86. The van der Waals surface area contributed by atoms with Crippen LogP contribution in [0.5, 0.6) is 0 Å². The van der Waals surface area contributed by atoms with Crippen molar-refractivity contribution in [2.75, 3.05) is 13.7 Å². The van der Waals surface area contributed by atoms with Crippen LogP contribution >= 0.6 is 0 Å². The summed E-state index contributed by atoms with van der Waals surface area (Å²) in [4.78, 5) is 21.5. The van der Waals surface area contributed by atoms with Crippen LogP contribution in [0.25, 0.3) is 0 Å². The van der Waals surface area contributed by atoms with Gasteiger partial charge in [-0.05, 0) is 32.4 Å². The van der Waals surface area contributed by atoms with E-state index in [1.807, 2.05) is 13.0 Å². The van der Waals surface area contributed by atoms with Crippen LogP contribution in [-0.4, -0.2) is 24.5 Å².